The Morgan fingerprint density at radius 1 is 0.198 bits per heavy atom. The van der Waals surface area contributed by atoms with Gasteiger partial charge >= 0.3 is 0 Å². The maximum absolute atomic E-state index is 2.36. The number of aromatic nitrogens is 1. The van der Waals surface area contributed by atoms with Gasteiger partial charge in [-0.15, -0.1) is 0 Å². The standard InChI is InChI=1S/C27H24.C22H22.C21H19N.C21H21N.C9H12.C3H9N/c1-19-4-10-22(11-5-19)25-16-26(23-12-6-20(2)7-13-23)18-27(17-25)24-14-8-21(3)9-15-24;1-16-4-10-19(11-5-16)22(20-12-6-17(2)7-13-20)21-14-8-18(3)9-15-21;1-14-4-8-17(9-5-14)22-20-10-6-15(2)12-18(20)19-13-16(3)7-11-21(19)22;1-16-4-10-19(11-5-16)22(20-12-6-17(2)7-13-20)21-14-8-18(3)9-15-21;1-7-4-8(2)6-9(3)5-7;1-4(2)3/h4-18H,1-3H3;4-15,22H,1-3H3;4-13H,1-3H3;4-15H,1-3H3;4-6H,1-3H3;1-3H3. The van der Waals surface area contributed by atoms with Crippen molar-refractivity contribution >= 4 is 38.9 Å². The lowest BCUT2D eigenvalue weighted by molar-refractivity contribution is 0.505. The molecule has 1 aromatic heterocycles. The van der Waals surface area contributed by atoms with Crippen molar-refractivity contribution in [2.24, 2.45) is 0 Å². The molecular formula is C103H107N3. The van der Waals surface area contributed by atoms with Crippen molar-refractivity contribution in [3.63, 3.8) is 0 Å². The summed E-state index contributed by atoms with van der Waals surface area (Å²) in [6.45, 7) is 32.0. The Kier molecular flexibility index (Phi) is 26.5. The van der Waals surface area contributed by atoms with E-state index in [4.69, 9.17) is 0 Å². The van der Waals surface area contributed by atoms with Crippen molar-refractivity contribution in [2.75, 3.05) is 26.0 Å². The zero-order valence-electron chi connectivity index (χ0n) is 65.9. The molecule has 0 saturated heterocycles. The van der Waals surface area contributed by atoms with E-state index >= 15 is 0 Å². The van der Waals surface area contributed by atoms with Crippen LogP contribution in [0.2, 0.25) is 0 Å². The van der Waals surface area contributed by atoms with E-state index in [0.29, 0.717) is 5.92 Å². The Bertz CT molecular complexity index is 4650. The number of nitrogens with zero attached hydrogens (tertiary/aromatic N) is 3. The molecule has 0 bridgehead atoms. The van der Waals surface area contributed by atoms with Crippen molar-refractivity contribution < 1.29 is 0 Å². The molecule has 0 unspecified atom stereocenters. The van der Waals surface area contributed by atoms with Gasteiger partial charge in [-0.25, -0.2) is 0 Å². The molecule has 15 rings (SSSR count). The molecule has 0 amide bonds. The summed E-state index contributed by atoms with van der Waals surface area (Å²) in [5.41, 5.74) is 38.4. The fourth-order valence-corrected chi connectivity index (χ4v) is 13.2. The molecule has 0 aliphatic heterocycles. The Balaban J connectivity index is 0.000000143. The van der Waals surface area contributed by atoms with Crippen LogP contribution in [0.1, 0.15) is 106 Å². The van der Waals surface area contributed by atoms with Crippen molar-refractivity contribution in [1.29, 1.82) is 0 Å². The van der Waals surface area contributed by atoms with Gasteiger partial charge < -0.3 is 14.4 Å². The minimum absolute atomic E-state index is 0.293. The zero-order valence-corrected chi connectivity index (χ0v) is 65.9. The second-order valence-corrected chi connectivity index (χ2v) is 29.6. The van der Waals surface area contributed by atoms with Crippen molar-refractivity contribution in [3.05, 3.63) is 416 Å². The molecule has 1 heterocycles. The van der Waals surface area contributed by atoms with E-state index in [9.17, 15) is 0 Å². The fourth-order valence-electron chi connectivity index (χ4n) is 13.2. The Morgan fingerprint density at radius 3 is 0.651 bits per heavy atom. The Labute approximate surface area is 634 Å². The minimum atomic E-state index is 0.293. The van der Waals surface area contributed by atoms with Crippen LogP contribution >= 0.6 is 0 Å². The third kappa shape index (κ3) is 21.4. The van der Waals surface area contributed by atoms with Crippen molar-refractivity contribution in [3.8, 4) is 39.1 Å². The number of hydrogen-bond acceptors (Lipinski definition) is 2. The molecule has 534 valence electrons. The Morgan fingerprint density at radius 2 is 0.406 bits per heavy atom. The van der Waals surface area contributed by atoms with Crippen molar-refractivity contribution in [2.45, 2.75) is 110 Å². The van der Waals surface area contributed by atoms with Crippen LogP contribution in [0.4, 0.5) is 17.1 Å². The van der Waals surface area contributed by atoms with Crippen LogP contribution in [0.3, 0.4) is 0 Å². The van der Waals surface area contributed by atoms with E-state index in [1.165, 1.54) is 178 Å². The zero-order chi connectivity index (χ0) is 75.6. The first-order valence-corrected chi connectivity index (χ1v) is 37.2. The topological polar surface area (TPSA) is 11.4 Å². The normalized spacial score (nSPS) is 10.7. The molecule has 15 aromatic rings. The second kappa shape index (κ2) is 36.4. The van der Waals surface area contributed by atoms with Gasteiger partial charge in [0.1, 0.15) is 0 Å². The average Bonchev–Trinajstić information content (AvgIpc) is 1.59. The van der Waals surface area contributed by atoms with Gasteiger partial charge in [-0.3, -0.25) is 0 Å². The third-order valence-electron chi connectivity index (χ3n) is 18.9. The first kappa shape index (κ1) is 77.3. The van der Waals surface area contributed by atoms with Crippen LogP contribution in [-0.2, 0) is 0 Å². The monoisotopic (exact) mass is 1390 g/mol. The molecule has 0 aliphatic rings. The summed E-state index contributed by atoms with van der Waals surface area (Å²) < 4.78 is 2.36. The van der Waals surface area contributed by atoms with E-state index < -0.39 is 0 Å². The van der Waals surface area contributed by atoms with Gasteiger partial charge in [-0.1, -0.05) is 308 Å². The highest BCUT2D eigenvalue weighted by Gasteiger charge is 2.18. The van der Waals surface area contributed by atoms with Gasteiger partial charge in [0, 0.05) is 39.4 Å². The first-order valence-electron chi connectivity index (χ1n) is 37.2. The first-order chi connectivity index (χ1) is 50.9. The minimum Gasteiger partial charge on any atom is -0.312 e. The SMILES string of the molecule is CN(C)C.Cc1cc(C)cc(C)c1.Cc1ccc(-c2cc(-c3ccc(C)cc3)cc(-c3ccc(C)cc3)c2)cc1.Cc1ccc(-n2c3ccc(C)cc3c3cc(C)ccc32)cc1.Cc1ccc(C(c2ccc(C)cc2)c2ccc(C)cc2)cc1.Cc1ccc(N(c2ccc(C)cc2)c2ccc(C)cc2)cc1. The second-order valence-electron chi connectivity index (χ2n) is 29.6. The maximum Gasteiger partial charge on any atom is 0.0541 e. The molecule has 0 radical (unpaired) electrons. The van der Waals surface area contributed by atoms with Crippen LogP contribution < -0.4 is 4.90 Å². The highest BCUT2D eigenvalue weighted by atomic mass is 15.1. The quantitative estimate of drug-likeness (QED) is 0.126. The van der Waals surface area contributed by atoms with Gasteiger partial charge in [0.15, 0.2) is 0 Å². The third-order valence-corrected chi connectivity index (χ3v) is 18.9. The highest BCUT2D eigenvalue weighted by molar-refractivity contribution is 6.09. The van der Waals surface area contributed by atoms with Crippen LogP contribution in [0.25, 0.3) is 60.9 Å². The van der Waals surface area contributed by atoms with Gasteiger partial charge in [0.05, 0.1) is 11.0 Å². The van der Waals surface area contributed by atoms with Gasteiger partial charge in [-0.05, 0) is 266 Å². The summed E-state index contributed by atoms with van der Waals surface area (Å²) in [5, 5.41) is 2.67. The fraction of sp³-hybridized carbons (Fsp3) is 0.184. The summed E-state index contributed by atoms with van der Waals surface area (Å²) in [6.07, 6.45) is 0. The lowest BCUT2D eigenvalue weighted by Crippen LogP contribution is -2.09. The van der Waals surface area contributed by atoms with Gasteiger partial charge in [0.2, 0.25) is 0 Å². The largest absolute Gasteiger partial charge is 0.312 e. The number of anilines is 3. The summed E-state index contributed by atoms with van der Waals surface area (Å²) in [4.78, 5) is 4.29. The summed E-state index contributed by atoms with van der Waals surface area (Å²) in [6, 6.07) is 115. The molecule has 3 nitrogen and oxygen atoms in total. The number of aryl methyl sites for hydroxylation is 15. The van der Waals surface area contributed by atoms with E-state index in [1.54, 1.807) is 0 Å². The lowest BCUT2D eigenvalue weighted by Gasteiger charge is -2.25. The number of rotatable bonds is 10. The molecule has 106 heavy (non-hydrogen) atoms. The summed E-state index contributed by atoms with van der Waals surface area (Å²) >= 11 is 0. The number of hydrogen-bond donors (Lipinski definition) is 0. The van der Waals surface area contributed by atoms with E-state index in [1.807, 2.05) is 26.0 Å². The predicted octanol–water partition coefficient (Wildman–Crippen LogP) is 28.0. The number of fused-ring (bicyclic) bond motifs is 3. The van der Waals surface area contributed by atoms with Gasteiger partial charge in [-0.2, -0.15) is 0 Å². The predicted molar refractivity (Wildman–Crippen MR) is 462 cm³/mol. The number of benzene rings is 14. The molecule has 0 spiro atoms. The summed E-state index contributed by atoms with van der Waals surface area (Å²) in [5.74, 6) is 0.293. The van der Waals surface area contributed by atoms with Crippen LogP contribution in [0.5, 0.6) is 0 Å². The molecule has 0 atom stereocenters. The van der Waals surface area contributed by atoms with Gasteiger partial charge in [0.25, 0.3) is 0 Å². The maximum atomic E-state index is 2.36. The Hall–Kier alpha value is -11.4. The smallest absolute Gasteiger partial charge is 0.0541 e. The highest BCUT2D eigenvalue weighted by Crippen LogP contribution is 2.38. The molecule has 0 aliphatic carbocycles. The van der Waals surface area contributed by atoms with Crippen LogP contribution in [-0.4, -0.2) is 30.6 Å². The van der Waals surface area contributed by atoms with E-state index in [2.05, 4.69) is 429 Å². The molecule has 0 fully saturated rings. The molecule has 0 N–H and O–H groups in total. The van der Waals surface area contributed by atoms with Crippen molar-refractivity contribution in [1.82, 2.24) is 9.47 Å². The molecule has 14 aromatic carbocycles. The van der Waals surface area contributed by atoms with E-state index in [-0.39, 0.29) is 0 Å². The van der Waals surface area contributed by atoms with Crippen LogP contribution in [0.15, 0.2) is 315 Å². The molecule has 3 heteroatoms. The van der Waals surface area contributed by atoms with Crippen LogP contribution in [0, 0.1) is 104 Å². The molecular weight excluding hydrogens is 1280 g/mol. The molecule has 0 saturated carbocycles. The summed E-state index contributed by atoms with van der Waals surface area (Å²) in [7, 11) is 6.00. The lowest BCUT2D eigenvalue weighted by atomic mass is 9.84. The average molecular weight is 1390 g/mol. The van der Waals surface area contributed by atoms with E-state index in [0.717, 1.165) is 0 Å².